The van der Waals surface area contributed by atoms with Gasteiger partial charge in [-0.15, -0.1) is 0 Å². The van der Waals surface area contributed by atoms with Gasteiger partial charge in [0.1, 0.15) is 72.0 Å². The van der Waals surface area contributed by atoms with Gasteiger partial charge in [0.25, 0.3) is 23.5 Å². The summed E-state index contributed by atoms with van der Waals surface area (Å²) in [6, 6.07) is 9.16. The van der Waals surface area contributed by atoms with Crippen LogP contribution in [-0.4, -0.2) is 291 Å². The summed E-state index contributed by atoms with van der Waals surface area (Å²) in [6.07, 6.45) is 5.91. The van der Waals surface area contributed by atoms with Crippen molar-refractivity contribution in [3.8, 4) is 28.7 Å². The first-order chi connectivity index (χ1) is 61.5. The fraction of sp³-hybridized carbons (Fsp3) is 0.560. The third-order valence-corrected chi connectivity index (χ3v) is 22.1. The number of carbonyl (C=O) groups is 10. The number of anilines is 2. The van der Waals surface area contributed by atoms with Crippen molar-refractivity contribution in [1.82, 2.24) is 31.2 Å². The maximum absolute atomic E-state index is 15.1. The number of nitrogens with two attached hydrogens (primary N) is 1. The Balaban J connectivity index is 0.780. The first-order valence-corrected chi connectivity index (χ1v) is 43.4. The van der Waals surface area contributed by atoms with Crippen LogP contribution in [0, 0.1) is 36.5 Å². The Kier molecular flexibility index (Phi) is 40.8. The summed E-state index contributed by atoms with van der Waals surface area (Å²) in [5.74, 6) is -10.7. The molecule has 0 radical (unpaired) electrons. The minimum Gasteiger partial charge on any atom is -0.507 e. The number of ether oxygens (including phenoxy) is 13. The normalized spacial score (nSPS) is 21.1. The number of rotatable bonds is 48. The van der Waals surface area contributed by atoms with E-state index in [0.29, 0.717) is 108 Å². The molecule has 129 heavy (non-hydrogen) atoms. The van der Waals surface area contributed by atoms with Crippen LogP contribution in [0.2, 0.25) is 0 Å². The van der Waals surface area contributed by atoms with Crippen LogP contribution in [0.4, 0.5) is 16.2 Å². The topological polar surface area (TPSA) is 496 Å². The average molecular weight is 1810 g/mol. The van der Waals surface area contributed by atoms with E-state index in [1.807, 2.05) is 26.2 Å². The molecule has 0 saturated carbocycles. The second kappa shape index (κ2) is 50.9. The number of urea groups is 1. The van der Waals surface area contributed by atoms with Gasteiger partial charge in [0, 0.05) is 123 Å². The minimum absolute atomic E-state index is 0.00618. The third kappa shape index (κ3) is 30.6. The molecule has 1 aliphatic carbocycles. The molecule has 0 saturated heterocycles. The maximum Gasteiger partial charge on any atom is 0.312 e. The number of amides is 9. The van der Waals surface area contributed by atoms with Crippen molar-refractivity contribution in [2.45, 2.75) is 144 Å². The van der Waals surface area contributed by atoms with Gasteiger partial charge >= 0.3 is 17.8 Å². The molecular weight excluding hydrogens is 1680 g/mol. The molecule has 4 aliphatic heterocycles. The number of imide groups is 1. The second-order valence-corrected chi connectivity index (χ2v) is 32.9. The van der Waals surface area contributed by atoms with E-state index in [4.69, 9.17) is 76.7 Å². The van der Waals surface area contributed by atoms with Crippen molar-refractivity contribution in [1.29, 1.82) is 0 Å². The van der Waals surface area contributed by atoms with Crippen LogP contribution in [0.15, 0.2) is 100.0 Å². The minimum atomic E-state index is -2.12. The predicted octanol–water partition coefficient (Wildman–Crippen LogP) is 5.57. The number of fused-ring (bicyclic) bond motifs is 2. The maximum atomic E-state index is 15.1. The molecule has 8 rings (SSSR count). The van der Waals surface area contributed by atoms with E-state index < -0.39 is 136 Å². The van der Waals surface area contributed by atoms with Crippen molar-refractivity contribution in [3.63, 3.8) is 0 Å². The molecule has 3 aromatic rings. The molecule has 3 aromatic carbocycles. The lowest BCUT2D eigenvalue weighted by atomic mass is 9.78. The molecule has 0 spiro atoms. The number of nitrogens with one attached hydrogen (secondary N) is 6. The lowest BCUT2D eigenvalue weighted by Crippen LogP contribution is -2.54. The Bertz CT molecular complexity index is 4780. The molecule has 4 bridgehead atoms. The number of nitrogens with zero attached hydrogens (tertiary/aromatic N) is 3. The molecule has 4 heterocycles. The number of primary amides is 1. The number of allylic oxidation sites excluding steroid dienone is 2. The molecule has 11 atom stereocenters. The number of Topliss-reactive ketones (excluding diaryl/α,β-unsaturated/α-hetero) is 1. The molecule has 11 N–H and O–H groups in total. The number of methoxy groups -OCH3 is 1. The number of quaternary nitrogens is 1. The Labute approximate surface area is 749 Å². The smallest absolute Gasteiger partial charge is 0.312 e. The summed E-state index contributed by atoms with van der Waals surface area (Å²) in [4.78, 5) is 151. The zero-order chi connectivity index (χ0) is 94.1. The monoisotopic (exact) mass is 1810 g/mol. The molecule has 5 aliphatic rings. The van der Waals surface area contributed by atoms with Gasteiger partial charge in [-0.1, -0.05) is 71.9 Å². The highest BCUT2D eigenvalue weighted by molar-refractivity contribution is 6.22. The number of phenolic OH excluding ortho intramolecular Hbond substituents is 1. The Hall–Kier alpha value is -10.9. The van der Waals surface area contributed by atoms with Crippen LogP contribution in [0.5, 0.6) is 17.2 Å². The zero-order valence-electron chi connectivity index (χ0n) is 75.8. The largest absolute Gasteiger partial charge is 0.507 e. The van der Waals surface area contributed by atoms with Gasteiger partial charge in [-0.2, -0.15) is 0 Å². The number of esters is 1. The average Bonchev–Trinajstić information content (AvgIpc) is 1.61. The molecule has 0 fully saturated rings. The summed E-state index contributed by atoms with van der Waals surface area (Å²) in [5.41, 5.74) is 5.50. The number of aliphatic hydroxyl groups is 2. The van der Waals surface area contributed by atoms with Crippen molar-refractivity contribution < 1.29 is 134 Å². The predicted molar refractivity (Wildman–Crippen MR) is 472 cm³/mol. The highest BCUT2D eigenvalue weighted by Gasteiger charge is 2.50. The van der Waals surface area contributed by atoms with Crippen molar-refractivity contribution >= 4 is 92.4 Å². The van der Waals surface area contributed by atoms with E-state index in [1.165, 1.54) is 65.4 Å². The number of hydrogen-bond acceptors (Lipinski definition) is 29. The molecule has 0 aromatic heterocycles. The van der Waals surface area contributed by atoms with Gasteiger partial charge in [-0.25, -0.2) is 9.78 Å². The number of aliphatic hydroxyl groups excluding tert-OH is 2. The van der Waals surface area contributed by atoms with Gasteiger partial charge in [-0.05, 0) is 62.9 Å². The Morgan fingerprint density at radius 3 is 1.88 bits per heavy atom. The Morgan fingerprint density at radius 2 is 1.29 bits per heavy atom. The number of likely N-dealkylation sites (N-methyl/N-ethyl adjacent to an activating group) is 1. The summed E-state index contributed by atoms with van der Waals surface area (Å²) in [5, 5.41) is 51.2. The number of aromatic nitrogens is 1. The summed E-state index contributed by atoms with van der Waals surface area (Å²) in [6.45, 7) is 22.7. The van der Waals surface area contributed by atoms with Crippen LogP contribution in [0.3, 0.4) is 0 Å². The zero-order valence-corrected chi connectivity index (χ0v) is 75.8. The van der Waals surface area contributed by atoms with Gasteiger partial charge in [0.2, 0.25) is 29.1 Å². The van der Waals surface area contributed by atoms with Crippen molar-refractivity contribution in [3.05, 3.63) is 118 Å². The molecule has 0 unspecified atom stereocenters. The third-order valence-electron chi connectivity index (χ3n) is 22.1. The van der Waals surface area contributed by atoms with Crippen LogP contribution in [0.25, 0.3) is 33.3 Å². The quantitative estimate of drug-likeness (QED) is 0.00568. The Morgan fingerprint density at radius 1 is 0.698 bits per heavy atom. The SMILES string of the molecule is CO[C@H]1/C=C/O[C@@]2(C)Oc3c(C)c(O)c4c(=O)c(c5oc6cc(OCC[N+](C)(C)Cc7ccc(NC(=O)[C@H](CCCNC(N)=O)NC(=O)[C@@H](NC(=O)CCOCCOCCOCCOCCOCCOCCOCCOCCNC(=O)CCN8C(=O)C=CC8=O)C(C)C)cc7)ccc6nc-5c4c3C2=O)NC(=O)/C(C)=C\C=C\[C@H](C)[C@H](O)[C@@H](C)[C@@H](O)[C@@H](C)[C@H](OC(C)=O)[C@@H]1C. The number of benzene rings is 4. The molecule has 38 nitrogen and oxygen atoms in total. The highest BCUT2D eigenvalue weighted by atomic mass is 16.7. The van der Waals surface area contributed by atoms with E-state index in [1.54, 1.807) is 84.0 Å². The number of hydrogen-bond donors (Lipinski definition) is 10. The van der Waals surface area contributed by atoms with Gasteiger partial charge in [0.05, 0.1) is 155 Å². The molecule has 38 heteroatoms. The number of carbonyl (C=O) groups excluding carboxylic acids is 10. The van der Waals surface area contributed by atoms with Gasteiger partial charge < -0.3 is 123 Å². The van der Waals surface area contributed by atoms with Gasteiger partial charge in [0.15, 0.2) is 11.3 Å². The van der Waals surface area contributed by atoms with Crippen molar-refractivity contribution in [2.75, 3.05) is 170 Å². The van der Waals surface area contributed by atoms with Crippen LogP contribution < -0.4 is 52.5 Å². The number of phenols is 1. The fourth-order valence-corrected chi connectivity index (χ4v) is 14.6. The number of ketones is 1. The highest BCUT2D eigenvalue weighted by Crippen LogP contribution is 2.51. The first-order valence-electron chi connectivity index (χ1n) is 43.4. The number of aromatic hydroxyl groups is 1. The summed E-state index contributed by atoms with van der Waals surface area (Å²) < 4.78 is 81.7. The lowest BCUT2D eigenvalue weighted by Gasteiger charge is -2.38. The van der Waals surface area contributed by atoms with Crippen LogP contribution in [-0.2, 0) is 97.0 Å². The van der Waals surface area contributed by atoms with Gasteiger partial charge in [-0.3, -0.25) is 52.8 Å². The van der Waals surface area contributed by atoms with Crippen LogP contribution >= 0.6 is 0 Å². The second-order valence-electron chi connectivity index (χ2n) is 32.9. The van der Waals surface area contributed by atoms with E-state index in [2.05, 4.69) is 31.9 Å². The fourth-order valence-electron chi connectivity index (χ4n) is 14.6. The first kappa shape index (κ1) is 103. The standard InChI is InChI=1S/C91H126N10O28/c1-54(2)76(98-70(104)29-34-117-38-40-119-42-44-121-46-48-123-50-51-124-49-47-122-45-43-120-41-39-118-36-31-93-69(103)27-32-100-71(105)25-26-72(100)106)89(114)97-66(18-15-30-94-90(92)115)88(113)95-63-21-19-62(20-22-63)53-101(11,12)33-37-125-64-23-24-65-68(52-64)128-85-77(96-65)73-74-81(109)60(8)84-75(73)86(111)91(10,129-84)126-35-28-67(116-13)57(5)83(127-61(9)102)59(7)80(108)58(6)79(107)55(3)16-14-17-56(4)87(112)99-78(85)82(74)110/h14,16-17,19-26,28,35,52,54-55,57-59,66-67,76,79-80,83,107-108H,15,18,27,29-34,36-51,53H2,1-13H3,(H8-,92,93,94,95,96,97,98,99,103,104,109,110,111,112,113,114,115)/p+1/b16-14+,35-28+,56-17-/t55-,57+,58+,59+,66-,67-,76-,79-,80+,83+,91-/m0/s1. The summed E-state index contributed by atoms with van der Waals surface area (Å²) in [7, 11) is 5.44. The van der Waals surface area contributed by atoms with Crippen molar-refractivity contribution in [2.24, 2.45) is 35.3 Å². The van der Waals surface area contributed by atoms with E-state index in [9.17, 15) is 58.5 Å². The van der Waals surface area contributed by atoms with E-state index in [0.717, 1.165) is 10.5 Å². The van der Waals surface area contributed by atoms with E-state index >= 15 is 9.59 Å². The molecule has 9 amide bonds. The molecular formula is C91H127N10O28+. The van der Waals surface area contributed by atoms with Crippen LogP contribution in [0.1, 0.15) is 109 Å². The molecule has 708 valence electrons. The lowest BCUT2D eigenvalue weighted by molar-refractivity contribution is -0.903. The van der Waals surface area contributed by atoms with E-state index in [-0.39, 0.29) is 146 Å². The summed E-state index contributed by atoms with van der Waals surface area (Å²) >= 11 is 0.